The van der Waals surface area contributed by atoms with Gasteiger partial charge in [-0.25, -0.2) is 0 Å². The van der Waals surface area contributed by atoms with Gasteiger partial charge in [-0.15, -0.1) is 0 Å². The Balaban J connectivity index is 2.23. The Morgan fingerprint density at radius 2 is 2.33 bits per heavy atom. The second kappa shape index (κ2) is 3.03. The number of nitrogens with two attached hydrogens (primary N) is 1. The van der Waals surface area contributed by atoms with E-state index in [1.807, 2.05) is 0 Å². The smallest absolute Gasteiger partial charge is 0.231 e. The third kappa shape index (κ3) is 1.23. The number of hydrogen-bond donors (Lipinski definition) is 1. The molecule has 0 unspecified atom stereocenters. The number of benzene rings is 1. The fourth-order valence-electron chi connectivity index (χ4n) is 1.05. The van der Waals surface area contributed by atoms with Gasteiger partial charge in [0.2, 0.25) is 6.75 Å². The van der Waals surface area contributed by atoms with Gasteiger partial charge >= 0.3 is 0 Å². The van der Waals surface area contributed by atoms with Crippen LogP contribution >= 0.6 is 0 Å². The Bertz CT molecular complexity index is 416. The molecule has 3 heteroatoms. The van der Waals surface area contributed by atoms with Crippen LogP contribution in [-0.2, 0) is 6.42 Å². The number of hydrogen-bond acceptors (Lipinski definition) is 3. The molecule has 1 aromatic carbocycles. The van der Waals surface area contributed by atoms with Crippen LogP contribution in [0.1, 0.15) is 11.0 Å². The third-order valence-corrected chi connectivity index (χ3v) is 1.62. The molecule has 0 aromatic heterocycles. The summed E-state index contributed by atoms with van der Waals surface area (Å²) in [7, 11) is 0. The van der Waals surface area contributed by atoms with Crippen LogP contribution < -0.4 is 15.2 Å². The van der Waals surface area contributed by atoms with Crippen molar-refractivity contribution in [2.45, 2.75) is 6.42 Å². The number of fused-ring (bicyclic) bond motifs is 1. The van der Waals surface area contributed by atoms with E-state index in [0.717, 1.165) is 0 Å². The Morgan fingerprint density at radius 3 is 3.17 bits per heavy atom. The Hall–Kier alpha value is -1.22. The van der Waals surface area contributed by atoms with E-state index in [2.05, 4.69) is 0 Å². The van der Waals surface area contributed by atoms with Crippen LogP contribution in [0.15, 0.2) is 18.2 Å². The van der Waals surface area contributed by atoms with Crippen molar-refractivity contribution in [1.29, 1.82) is 0 Å². The summed E-state index contributed by atoms with van der Waals surface area (Å²) in [5.41, 5.74) is 5.89. The molecule has 2 rings (SSSR count). The first-order chi connectivity index (χ1) is 7.25. The molecule has 0 fully saturated rings. The predicted octanol–water partition coefficient (Wildman–Crippen LogP) is 0.916. The summed E-state index contributed by atoms with van der Waals surface area (Å²) < 4.78 is 38.7. The van der Waals surface area contributed by atoms with E-state index in [4.69, 9.17) is 20.7 Å². The second-order valence-electron chi connectivity index (χ2n) is 2.45. The molecule has 64 valence electrons. The molecule has 3 nitrogen and oxygen atoms in total. The molecule has 1 heterocycles. The van der Waals surface area contributed by atoms with Gasteiger partial charge in [-0.2, -0.15) is 0 Å². The highest BCUT2D eigenvalue weighted by atomic mass is 16.7. The standard InChI is InChI=1S/C9H11NO2/c10-4-3-7-1-2-8-9(5-7)12-6-11-8/h1-2,5H,3-4,6,10H2/i4D2,6D2. The van der Waals surface area contributed by atoms with E-state index in [9.17, 15) is 0 Å². The largest absolute Gasteiger partial charge is 0.454 e. The lowest BCUT2D eigenvalue weighted by atomic mass is 10.1. The van der Waals surface area contributed by atoms with Crippen LogP contribution in [0.3, 0.4) is 0 Å². The summed E-state index contributed by atoms with van der Waals surface area (Å²) in [5, 5.41) is 0. The van der Waals surface area contributed by atoms with E-state index in [1.54, 1.807) is 12.1 Å². The van der Waals surface area contributed by atoms with Gasteiger partial charge in [-0.3, -0.25) is 0 Å². The number of ether oxygens (including phenoxy) is 2. The van der Waals surface area contributed by atoms with Gasteiger partial charge in [0.15, 0.2) is 11.5 Å². The summed E-state index contributed by atoms with van der Waals surface area (Å²) in [6, 6.07) is 4.71. The lowest BCUT2D eigenvalue weighted by Gasteiger charge is -1.99. The summed E-state index contributed by atoms with van der Waals surface area (Å²) in [4.78, 5) is 0. The quantitative estimate of drug-likeness (QED) is 0.716. The van der Waals surface area contributed by atoms with Crippen molar-refractivity contribution in [2.75, 3.05) is 13.2 Å². The first-order valence-electron chi connectivity index (χ1n) is 5.55. The zero-order chi connectivity index (χ0) is 12.0. The van der Waals surface area contributed by atoms with Crippen LogP contribution in [0.25, 0.3) is 0 Å². The van der Waals surface area contributed by atoms with Crippen LogP contribution in [0.5, 0.6) is 11.5 Å². The molecule has 2 N–H and O–H groups in total. The molecule has 0 radical (unpaired) electrons. The van der Waals surface area contributed by atoms with Crippen molar-refractivity contribution in [3.63, 3.8) is 0 Å². The van der Waals surface area contributed by atoms with Crippen molar-refractivity contribution in [1.82, 2.24) is 0 Å². The topological polar surface area (TPSA) is 44.5 Å². The minimum absolute atomic E-state index is 0.0344. The van der Waals surface area contributed by atoms with Crippen molar-refractivity contribution in [3.8, 4) is 11.5 Å². The van der Waals surface area contributed by atoms with Crippen LogP contribution in [0, 0.1) is 0 Å². The molecule has 1 aliphatic rings. The summed E-state index contributed by atoms with van der Waals surface area (Å²) >= 11 is 0. The SMILES string of the molecule is [2H]C([2H])(N)Cc1ccc2c(c1)OC([2H])([2H])O2. The highest BCUT2D eigenvalue weighted by Crippen LogP contribution is 2.32. The zero-order valence-corrected chi connectivity index (χ0v) is 6.33. The highest BCUT2D eigenvalue weighted by molar-refractivity contribution is 5.44. The van der Waals surface area contributed by atoms with Gasteiger partial charge in [0.25, 0.3) is 0 Å². The normalized spacial score (nSPS) is 23.8. The molecule has 1 aromatic rings. The summed E-state index contributed by atoms with van der Waals surface area (Å²) in [6.07, 6.45) is 0.0344. The van der Waals surface area contributed by atoms with Crippen molar-refractivity contribution in [3.05, 3.63) is 23.8 Å². The van der Waals surface area contributed by atoms with E-state index in [1.165, 1.54) is 6.07 Å². The zero-order valence-electron chi connectivity index (χ0n) is 10.3. The fraction of sp³-hybridized carbons (Fsp3) is 0.333. The fourth-order valence-corrected chi connectivity index (χ4v) is 1.05. The Labute approximate surface area is 76.7 Å². The maximum Gasteiger partial charge on any atom is 0.231 e. The molecule has 0 aliphatic carbocycles. The molecular formula is C9H11NO2. The number of aryl methyl sites for hydroxylation is 1. The van der Waals surface area contributed by atoms with Gasteiger partial charge < -0.3 is 15.2 Å². The van der Waals surface area contributed by atoms with E-state index in [0.29, 0.717) is 11.3 Å². The highest BCUT2D eigenvalue weighted by Gasteiger charge is 2.12. The van der Waals surface area contributed by atoms with Gasteiger partial charge in [-0.05, 0) is 30.6 Å². The molecule has 0 atom stereocenters. The minimum Gasteiger partial charge on any atom is -0.454 e. The summed E-state index contributed by atoms with van der Waals surface area (Å²) in [6.45, 7) is -3.95. The van der Waals surface area contributed by atoms with Crippen LogP contribution in [0.2, 0.25) is 0 Å². The van der Waals surface area contributed by atoms with Gasteiger partial charge in [0.1, 0.15) is 2.74 Å². The van der Waals surface area contributed by atoms with Crippen molar-refractivity contribution in [2.24, 2.45) is 5.73 Å². The maximum atomic E-state index is 7.25. The second-order valence-corrected chi connectivity index (χ2v) is 2.45. The third-order valence-electron chi connectivity index (χ3n) is 1.62. The first kappa shape index (κ1) is 4.14. The Morgan fingerprint density at radius 1 is 1.50 bits per heavy atom. The lowest BCUT2D eigenvalue weighted by molar-refractivity contribution is 0.174. The molecular weight excluding hydrogens is 154 g/mol. The molecule has 12 heavy (non-hydrogen) atoms. The molecule has 0 bridgehead atoms. The minimum atomic E-state index is -2.15. The van der Waals surface area contributed by atoms with E-state index >= 15 is 0 Å². The van der Waals surface area contributed by atoms with Crippen molar-refractivity contribution < 1.29 is 15.0 Å². The Kier molecular flexibility index (Phi) is 1.04. The lowest BCUT2D eigenvalue weighted by Crippen LogP contribution is -2.02. The van der Waals surface area contributed by atoms with Gasteiger partial charge in [0.05, 0.1) is 0 Å². The van der Waals surface area contributed by atoms with E-state index < -0.39 is 13.2 Å². The summed E-state index contributed by atoms with van der Waals surface area (Å²) in [5.74, 6) is 0.582. The molecule has 0 spiro atoms. The van der Waals surface area contributed by atoms with Gasteiger partial charge in [0, 0.05) is 2.74 Å². The molecule has 0 saturated carbocycles. The maximum absolute atomic E-state index is 7.25. The van der Waals surface area contributed by atoms with Crippen molar-refractivity contribution >= 4 is 0 Å². The molecule has 1 aliphatic heterocycles. The van der Waals surface area contributed by atoms with Crippen LogP contribution in [0.4, 0.5) is 0 Å². The number of rotatable bonds is 2. The molecule has 0 saturated heterocycles. The average Bonchev–Trinajstić information content (AvgIpc) is 2.34. The van der Waals surface area contributed by atoms with Gasteiger partial charge in [-0.1, -0.05) is 6.07 Å². The van der Waals surface area contributed by atoms with E-state index in [-0.39, 0.29) is 12.2 Å². The monoisotopic (exact) mass is 169 g/mol. The predicted molar refractivity (Wildman–Crippen MR) is 45.3 cm³/mol. The van der Waals surface area contributed by atoms with Crippen LogP contribution in [-0.4, -0.2) is 13.2 Å². The average molecular weight is 169 g/mol. The first-order valence-corrected chi connectivity index (χ1v) is 3.55. The molecule has 0 amide bonds.